The Morgan fingerprint density at radius 2 is 1.77 bits per heavy atom. The monoisotopic (exact) mass is 470 g/mol. The Morgan fingerprint density at radius 1 is 0.943 bits per heavy atom. The van der Waals surface area contributed by atoms with E-state index in [0.717, 1.165) is 42.4 Å². The van der Waals surface area contributed by atoms with E-state index in [9.17, 15) is 9.18 Å². The number of halogens is 2. The number of amides is 1. The molecule has 35 heavy (non-hydrogen) atoms. The van der Waals surface area contributed by atoms with Crippen molar-refractivity contribution >= 4 is 22.6 Å². The quantitative estimate of drug-likeness (QED) is 0.362. The summed E-state index contributed by atoms with van der Waals surface area (Å²) in [4.78, 5) is 23.4. The number of carbonyl (C=O) groups excluding carboxylic acids is 1. The van der Waals surface area contributed by atoms with E-state index >= 15 is 4.39 Å². The third-order valence-electron chi connectivity index (χ3n) is 6.54. The van der Waals surface area contributed by atoms with Crippen LogP contribution in [0.25, 0.3) is 22.0 Å². The van der Waals surface area contributed by atoms with Crippen molar-refractivity contribution in [1.29, 1.82) is 0 Å². The van der Waals surface area contributed by atoms with Gasteiger partial charge in [-0.25, -0.2) is 18.7 Å². The van der Waals surface area contributed by atoms with E-state index in [1.807, 2.05) is 30.3 Å². The number of anilines is 1. The second-order valence-electron chi connectivity index (χ2n) is 9.37. The van der Waals surface area contributed by atoms with E-state index in [2.05, 4.69) is 15.3 Å². The fourth-order valence-corrected chi connectivity index (χ4v) is 4.41. The van der Waals surface area contributed by atoms with Crippen LogP contribution in [-0.2, 0) is 6.54 Å². The second kappa shape index (κ2) is 8.73. The van der Waals surface area contributed by atoms with Crippen molar-refractivity contribution in [2.45, 2.75) is 44.3 Å². The molecule has 7 heteroatoms. The zero-order valence-corrected chi connectivity index (χ0v) is 19.0. The van der Waals surface area contributed by atoms with Gasteiger partial charge in [0, 0.05) is 29.6 Å². The maximum absolute atomic E-state index is 15.0. The summed E-state index contributed by atoms with van der Waals surface area (Å²) in [6.45, 7) is 0.404. The lowest BCUT2D eigenvalue weighted by molar-refractivity contribution is 0.0729. The smallest absolute Gasteiger partial charge is 0.254 e. The van der Waals surface area contributed by atoms with E-state index < -0.39 is 11.6 Å². The van der Waals surface area contributed by atoms with Crippen LogP contribution in [0, 0.1) is 11.6 Å². The molecule has 176 valence electrons. The summed E-state index contributed by atoms with van der Waals surface area (Å²) in [5.41, 5.74) is 3.14. The number of hydrogen-bond acceptors (Lipinski definition) is 4. The van der Waals surface area contributed by atoms with Crippen molar-refractivity contribution in [2.24, 2.45) is 0 Å². The van der Waals surface area contributed by atoms with Gasteiger partial charge in [0.2, 0.25) is 0 Å². The Labute approximate surface area is 201 Å². The summed E-state index contributed by atoms with van der Waals surface area (Å²) in [5.74, 6) is -0.353. The van der Waals surface area contributed by atoms with Crippen LogP contribution in [0.1, 0.15) is 41.6 Å². The molecular weight excluding hydrogens is 446 g/mol. The number of nitrogens with zero attached hydrogens (tertiary/aromatic N) is 3. The second-order valence-corrected chi connectivity index (χ2v) is 9.37. The number of carbonyl (C=O) groups is 1. The number of nitrogens with one attached hydrogen (secondary N) is 1. The number of hydrogen-bond donors (Lipinski definition) is 1. The molecule has 0 aliphatic heterocycles. The molecule has 0 bridgehead atoms. The van der Waals surface area contributed by atoms with Gasteiger partial charge in [-0.05, 0) is 78.8 Å². The van der Waals surface area contributed by atoms with Gasteiger partial charge in [0.15, 0.2) is 0 Å². The standard InChI is InChI=1S/C28H24F2N4O/c29-21-6-2-5-19(12-21)28(35)34(23-9-10-23)15-17-3-1-4-18(11-17)20-13-24-26(25(30)14-20)31-16-32-27(24)33-22-7-8-22/h1-6,11-14,16,22-23H,7-10,15H2,(H,31,32,33). The van der Waals surface area contributed by atoms with Crippen molar-refractivity contribution < 1.29 is 13.6 Å². The van der Waals surface area contributed by atoms with Crippen molar-refractivity contribution in [3.05, 3.63) is 89.8 Å². The maximum atomic E-state index is 15.0. The minimum atomic E-state index is -0.425. The van der Waals surface area contributed by atoms with Gasteiger partial charge < -0.3 is 10.2 Å². The van der Waals surface area contributed by atoms with Gasteiger partial charge >= 0.3 is 0 Å². The lowest BCUT2D eigenvalue weighted by atomic mass is 10.0. The zero-order chi connectivity index (χ0) is 23.9. The molecule has 4 aromatic rings. The molecule has 5 nitrogen and oxygen atoms in total. The molecule has 2 aliphatic carbocycles. The molecule has 1 N–H and O–H groups in total. The number of rotatable bonds is 7. The van der Waals surface area contributed by atoms with Crippen LogP contribution >= 0.6 is 0 Å². The summed E-state index contributed by atoms with van der Waals surface area (Å²) in [5, 5.41) is 4.02. The molecule has 2 saturated carbocycles. The molecule has 0 saturated heterocycles. The molecule has 6 rings (SSSR count). The maximum Gasteiger partial charge on any atom is 0.254 e. The van der Waals surface area contributed by atoms with E-state index in [-0.39, 0.29) is 11.9 Å². The highest BCUT2D eigenvalue weighted by molar-refractivity contribution is 5.95. The largest absolute Gasteiger partial charge is 0.367 e. The fourth-order valence-electron chi connectivity index (χ4n) is 4.41. The Bertz CT molecular complexity index is 1430. The van der Waals surface area contributed by atoms with Crippen LogP contribution in [0.5, 0.6) is 0 Å². The van der Waals surface area contributed by atoms with Crippen LogP contribution in [0.4, 0.5) is 14.6 Å². The fraction of sp³-hybridized carbons (Fsp3) is 0.250. The van der Waals surface area contributed by atoms with Crippen LogP contribution < -0.4 is 5.32 Å². The predicted octanol–water partition coefficient (Wildman–Crippen LogP) is 5.95. The molecule has 0 atom stereocenters. The summed E-state index contributed by atoms with van der Waals surface area (Å²) in [6.07, 6.45) is 5.43. The lowest BCUT2D eigenvalue weighted by Gasteiger charge is -2.23. The van der Waals surface area contributed by atoms with E-state index in [1.165, 1.54) is 24.5 Å². The van der Waals surface area contributed by atoms with Gasteiger partial charge in [0.25, 0.3) is 5.91 Å². The summed E-state index contributed by atoms with van der Waals surface area (Å²) in [6, 6.07) is 17.5. The summed E-state index contributed by atoms with van der Waals surface area (Å²) < 4.78 is 28.7. The SMILES string of the molecule is O=C(c1cccc(F)c1)N(Cc1cccc(-c2cc(F)c3ncnc(NC4CC4)c3c2)c1)C1CC1. The normalized spacial score (nSPS) is 15.3. The Balaban J connectivity index is 1.32. The molecule has 1 amide bonds. The first-order valence-corrected chi connectivity index (χ1v) is 11.9. The van der Waals surface area contributed by atoms with Crippen molar-refractivity contribution in [3.8, 4) is 11.1 Å². The van der Waals surface area contributed by atoms with Crippen molar-refractivity contribution in [3.63, 3.8) is 0 Å². The minimum absolute atomic E-state index is 0.153. The zero-order valence-electron chi connectivity index (χ0n) is 19.0. The first-order chi connectivity index (χ1) is 17.0. The lowest BCUT2D eigenvalue weighted by Crippen LogP contribution is -2.32. The number of benzene rings is 3. The minimum Gasteiger partial charge on any atom is -0.367 e. The molecule has 0 spiro atoms. The van der Waals surface area contributed by atoms with E-state index in [4.69, 9.17) is 0 Å². The number of aromatic nitrogens is 2. The van der Waals surface area contributed by atoms with E-state index in [0.29, 0.717) is 34.9 Å². The third kappa shape index (κ3) is 4.58. The Kier molecular flexibility index (Phi) is 5.40. The molecular formula is C28H24F2N4O. The average Bonchev–Trinajstić information content (AvgIpc) is 3.78. The van der Waals surface area contributed by atoms with Crippen molar-refractivity contribution in [2.75, 3.05) is 5.32 Å². The molecule has 2 aliphatic rings. The van der Waals surface area contributed by atoms with Gasteiger partial charge in [-0.15, -0.1) is 0 Å². The highest BCUT2D eigenvalue weighted by atomic mass is 19.1. The van der Waals surface area contributed by atoms with Crippen LogP contribution in [0.2, 0.25) is 0 Å². The van der Waals surface area contributed by atoms with Crippen LogP contribution in [0.15, 0.2) is 67.0 Å². The van der Waals surface area contributed by atoms with Crippen molar-refractivity contribution in [1.82, 2.24) is 14.9 Å². The predicted molar refractivity (Wildman–Crippen MR) is 131 cm³/mol. The molecule has 1 heterocycles. The Hall–Kier alpha value is -3.87. The first-order valence-electron chi connectivity index (χ1n) is 11.9. The third-order valence-corrected chi connectivity index (χ3v) is 6.54. The molecule has 3 aromatic carbocycles. The molecule has 0 radical (unpaired) electrons. The first kappa shape index (κ1) is 21.6. The van der Waals surface area contributed by atoms with Crippen LogP contribution in [0.3, 0.4) is 0 Å². The highest BCUT2D eigenvalue weighted by Gasteiger charge is 2.33. The Morgan fingerprint density at radius 3 is 2.54 bits per heavy atom. The average molecular weight is 471 g/mol. The summed E-state index contributed by atoms with van der Waals surface area (Å²) >= 11 is 0. The van der Waals surface area contributed by atoms with Gasteiger partial charge in [0.1, 0.15) is 29.3 Å². The topological polar surface area (TPSA) is 58.1 Å². The van der Waals surface area contributed by atoms with Gasteiger partial charge in [-0.3, -0.25) is 4.79 Å². The van der Waals surface area contributed by atoms with Gasteiger partial charge in [0.05, 0.1) is 0 Å². The summed E-state index contributed by atoms with van der Waals surface area (Å²) in [7, 11) is 0. The van der Waals surface area contributed by atoms with Crippen LogP contribution in [-0.4, -0.2) is 32.9 Å². The van der Waals surface area contributed by atoms with Gasteiger partial charge in [-0.2, -0.15) is 0 Å². The highest BCUT2D eigenvalue weighted by Crippen LogP contribution is 2.34. The number of fused-ring (bicyclic) bond motifs is 1. The molecule has 2 fully saturated rings. The van der Waals surface area contributed by atoms with E-state index in [1.54, 1.807) is 17.0 Å². The molecule has 1 aromatic heterocycles. The van der Waals surface area contributed by atoms with Gasteiger partial charge in [-0.1, -0.05) is 24.3 Å². The molecule has 0 unspecified atom stereocenters.